The summed E-state index contributed by atoms with van der Waals surface area (Å²) in [5, 5.41) is 9.72. The number of aromatic amines is 1. The monoisotopic (exact) mass is 358 g/mol. The average Bonchev–Trinajstić information content (AvgIpc) is 2.84. The molecule has 2 N–H and O–H groups in total. The number of aryl methyl sites for hydroxylation is 1. The van der Waals surface area contributed by atoms with Crippen LogP contribution in [0.1, 0.15) is 18.2 Å². The van der Waals surface area contributed by atoms with E-state index in [-0.39, 0.29) is 23.5 Å². The van der Waals surface area contributed by atoms with Crippen LogP contribution < -0.4 is 11.2 Å². The molecule has 1 aliphatic rings. The topological polar surface area (TPSA) is 84.3 Å². The highest BCUT2D eigenvalue weighted by Crippen LogP contribution is 2.36. The molecular formula is C15H26N2O4SSi. The van der Waals surface area contributed by atoms with E-state index in [9.17, 15) is 14.7 Å². The second-order valence-corrected chi connectivity index (χ2v) is 14.2. The first-order valence-corrected chi connectivity index (χ1v) is 12.7. The highest BCUT2D eigenvalue weighted by atomic mass is 32.2. The zero-order valence-electron chi connectivity index (χ0n) is 14.2. The van der Waals surface area contributed by atoms with Crippen molar-refractivity contribution in [2.75, 3.05) is 12.4 Å². The predicted molar refractivity (Wildman–Crippen MR) is 96.1 cm³/mol. The smallest absolute Gasteiger partial charge is 0.330 e. The Morgan fingerprint density at radius 2 is 2.13 bits per heavy atom. The average molecular weight is 359 g/mol. The molecule has 0 spiro atoms. The van der Waals surface area contributed by atoms with E-state index in [0.717, 1.165) is 5.75 Å². The molecule has 1 saturated heterocycles. The van der Waals surface area contributed by atoms with Crippen molar-refractivity contribution in [2.24, 2.45) is 0 Å². The Kier molecular flexibility index (Phi) is 5.93. The highest BCUT2D eigenvalue weighted by Gasteiger charge is 2.36. The number of hydrogen-bond acceptors (Lipinski definition) is 5. The van der Waals surface area contributed by atoms with Crippen molar-refractivity contribution < 1.29 is 9.84 Å². The van der Waals surface area contributed by atoms with Gasteiger partial charge in [-0.2, -0.15) is 11.8 Å². The molecule has 6 nitrogen and oxygen atoms in total. The molecular weight excluding hydrogens is 332 g/mol. The van der Waals surface area contributed by atoms with Crippen LogP contribution in [-0.4, -0.2) is 46.4 Å². The van der Waals surface area contributed by atoms with Gasteiger partial charge >= 0.3 is 5.69 Å². The summed E-state index contributed by atoms with van der Waals surface area (Å²) in [5.41, 5.74) is -0.359. The number of H-pyrrole nitrogens is 1. The number of rotatable bonds is 6. The van der Waals surface area contributed by atoms with Gasteiger partial charge in [-0.05, 0) is 18.7 Å². The van der Waals surface area contributed by atoms with E-state index in [1.807, 2.05) is 11.8 Å². The minimum Gasteiger partial charge on any atom is -0.394 e. The van der Waals surface area contributed by atoms with Gasteiger partial charge in [-0.1, -0.05) is 19.6 Å². The first-order chi connectivity index (χ1) is 10.7. The number of hydrogen-bond donors (Lipinski definition) is 2. The minimum absolute atomic E-state index is 0.0573. The van der Waals surface area contributed by atoms with Gasteiger partial charge in [0.25, 0.3) is 5.56 Å². The summed E-state index contributed by atoms with van der Waals surface area (Å²) >= 11 is 1.82. The first kappa shape index (κ1) is 18.5. The summed E-state index contributed by atoms with van der Waals surface area (Å²) in [6.45, 7) is 8.63. The van der Waals surface area contributed by atoms with Crippen LogP contribution in [0.3, 0.4) is 0 Å². The fourth-order valence-corrected chi connectivity index (χ4v) is 6.42. The largest absolute Gasteiger partial charge is 0.394 e. The normalized spacial score (nSPS) is 25.0. The first-order valence-electron chi connectivity index (χ1n) is 7.91. The molecule has 0 bridgehead atoms. The number of aromatic nitrogens is 2. The quantitative estimate of drug-likeness (QED) is 0.754. The maximum absolute atomic E-state index is 12.0. The van der Waals surface area contributed by atoms with Crippen LogP contribution in [0.25, 0.3) is 0 Å². The molecule has 2 heterocycles. The minimum atomic E-state index is -1.08. The van der Waals surface area contributed by atoms with Gasteiger partial charge in [0.1, 0.15) is 6.23 Å². The van der Waals surface area contributed by atoms with Gasteiger partial charge in [0.2, 0.25) is 0 Å². The van der Waals surface area contributed by atoms with Crippen molar-refractivity contribution in [3.63, 3.8) is 0 Å². The number of ether oxygens (including phenoxy) is 1. The third kappa shape index (κ3) is 4.82. The second-order valence-electron chi connectivity index (χ2n) is 7.25. The predicted octanol–water partition coefficient (Wildman–Crippen LogP) is 1.56. The van der Waals surface area contributed by atoms with Gasteiger partial charge in [0.05, 0.1) is 12.7 Å². The highest BCUT2D eigenvalue weighted by molar-refractivity contribution is 8.00. The van der Waals surface area contributed by atoms with E-state index < -0.39 is 20.0 Å². The van der Waals surface area contributed by atoms with Crippen LogP contribution in [-0.2, 0) is 4.74 Å². The Hall–Kier alpha value is -0.833. The standard InChI is InChI=1S/C15H26N2O4SSi/c1-10-8-17(15(20)16-14(10)19)13-7-12(11(9-18)21-13)22-5-6-23(2,3)4/h8,11-13,18H,5-7,9H2,1-4H3,(H,16,19,20)/t11-,12+,13-/m1/s1. The molecule has 0 aromatic carbocycles. The Morgan fingerprint density at radius 1 is 1.43 bits per heavy atom. The number of aliphatic hydroxyl groups is 1. The van der Waals surface area contributed by atoms with Crippen LogP contribution in [0.15, 0.2) is 15.8 Å². The lowest BCUT2D eigenvalue weighted by Gasteiger charge is -2.19. The molecule has 130 valence electrons. The van der Waals surface area contributed by atoms with Crippen molar-refractivity contribution in [1.82, 2.24) is 9.55 Å². The zero-order chi connectivity index (χ0) is 17.2. The van der Waals surface area contributed by atoms with Crippen molar-refractivity contribution in [3.8, 4) is 0 Å². The van der Waals surface area contributed by atoms with Crippen LogP contribution in [0, 0.1) is 6.92 Å². The summed E-state index contributed by atoms with van der Waals surface area (Å²) in [6, 6.07) is 1.22. The Morgan fingerprint density at radius 3 is 2.74 bits per heavy atom. The third-order valence-electron chi connectivity index (χ3n) is 4.00. The van der Waals surface area contributed by atoms with E-state index in [1.54, 1.807) is 6.92 Å². The molecule has 1 fully saturated rings. The van der Waals surface area contributed by atoms with Crippen molar-refractivity contribution in [1.29, 1.82) is 0 Å². The molecule has 0 unspecified atom stereocenters. The van der Waals surface area contributed by atoms with Crippen LogP contribution in [0.5, 0.6) is 0 Å². The molecule has 1 aromatic heterocycles. The van der Waals surface area contributed by atoms with E-state index in [0.29, 0.717) is 12.0 Å². The molecule has 0 aliphatic carbocycles. The number of aliphatic hydroxyl groups excluding tert-OH is 1. The van der Waals surface area contributed by atoms with Gasteiger partial charge in [-0.25, -0.2) is 4.79 Å². The molecule has 1 aromatic rings. The molecule has 23 heavy (non-hydrogen) atoms. The van der Waals surface area contributed by atoms with E-state index in [1.165, 1.54) is 16.8 Å². The van der Waals surface area contributed by atoms with Crippen molar-refractivity contribution in [3.05, 3.63) is 32.6 Å². The summed E-state index contributed by atoms with van der Waals surface area (Å²) < 4.78 is 7.28. The molecule has 1 aliphatic heterocycles. The Balaban J connectivity index is 2.08. The zero-order valence-corrected chi connectivity index (χ0v) is 16.0. The second kappa shape index (κ2) is 7.37. The van der Waals surface area contributed by atoms with E-state index in [4.69, 9.17) is 4.74 Å². The summed E-state index contributed by atoms with van der Waals surface area (Å²) in [6.07, 6.45) is 1.49. The SMILES string of the molecule is Cc1cn([C@H]2C[C@H](SCC[Si](C)(C)C)[C@@H](CO)O2)c(=O)[nH]c1=O. The fourth-order valence-electron chi connectivity index (χ4n) is 2.53. The third-order valence-corrected chi connectivity index (χ3v) is 7.48. The van der Waals surface area contributed by atoms with Gasteiger partial charge < -0.3 is 9.84 Å². The number of nitrogens with one attached hydrogen (secondary N) is 1. The lowest BCUT2D eigenvalue weighted by Crippen LogP contribution is -2.33. The summed E-state index contributed by atoms with van der Waals surface area (Å²) in [7, 11) is -1.08. The number of nitrogens with zero attached hydrogens (tertiary/aromatic N) is 1. The van der Waals surface area contributed by atoms with E-state index in [2.05, 4.69) is 24.6 Å². The number of thioether (sulfide) groups is 1. The van der Waals surface area contributed by atoms with Crippen molar-refractivity contribution in [2.45, 2.75) is 56.6 Å². The lowest BCUT2D eigenvalue weighted by molar-refractivity contribution is -0.0238. The van der Waals surface area contributed by atoms with Gasteiger partial charge in [-0.15, -0.1) is 0 Å². The molecule has 8 heteroatoms. The molecule has 0 amide bonds. The van der Waals surface area contributed by atoms with Crippen LogP contribution in [0.2, 0.25) is 25.7 Å². The van der Waals surface area contributed by atoms with Crippen LogP contribution >= 0.6 is 11.8 Å². The summed E-state index contributed by atoms with van der Waals surface area (Å²) in [5.74, 6) is 1.05. The Bertz CT molecular complexity index is 652. The summed E-state index contributed by atoms with van der Waals surface area (Å²) in [4.78, 5) is 25.8. The van der Waals surface area contributed by atoms with Gasteiger partial charge in [-0.3, -0.25) is 14.3 Å². The van der Waals surface area contributed by atoms with Gasteiger partial charge in [0.15, 0.2) is 0 Å². The Labute approximate surface area is 141 Å². The lowest BCUT2D eigenvalue weighted by atomic mass is 10.2. The molecule has 2 rings (SSSR count). The van der Waals surface area contributed by atoms with Gasteiger partial charge in [0, 0.05) is 31.5 Å². The van der Waals surface area contributed by atoms with E-state index >= 15 is 0 Å². The van der Waals surface area contributed by atoms with Crippen LogP contribution in [0.4, 0.5) is 0 Å². The maximum Gasteiger partial charge on any atom is 0.330 e. The molecule has 0 radical (unpaired) electrons. The van der Waals surface area contributed by atoms with Crippen molar-refractivity contribution >= 4 is 19.8 Å². The maximum atomic E-state index is 12.0. The molecule has 3 atom stereocenters. The fraction of sp³-hybridized carbons (Fsp3) is 0.733. The molecule has 0 saturated carbocycles.